The monoisotopic (exact) mass is 285 g/mol. The number of amides is 1. The Morgan fingerprint density at radius 1 is 1.24 bits per heavy atom. The van der Waals surface area contributed by atoms with Gasteiger partial charge in [0.2, 0.25) is 11.8 Å². The number of aromatic nitrogens is 1. The third kappa shape index (κ3) is 4.29. The summed E-state index contributed by atoms with van der Waals surface area (Å²) in [6.07, 6.45) is 1.66. The maximum atomic E-state index is 11.9. The van der Waals surface area contributed by atoms with Crippen molar-refractivity contribution in [1.82, 2.24) is 4.98 Å². The van der Waals surface area contributed by atoms with Gasteiger partial charge in [-0.15, -0.1) is 0 Å². The Hall–Kier alpha value is -2.40. The Morgan fingerprint density at radius 2 is 2.05 bits per heavy atom. The summed E-state index contributed by atoms with van der Waals surface area (Å²) in [5.41, 5.74) is 6.46. The van der Waals surface area contributed by atoms with Crippen LogP contribution >= 0.6 is 0 Å². The zero-order valence-corrected chi connectivity index (χ0v) is 12.1. The van der Waals surface area contributed by atoms with E-state index in [0.29, 0.717) is 17.3 Å². The smallest absolute Gasteiger partial charge is 0.241 e. The van der Waals surface area contributed by atoms with Crippen molar-refractivity contribution in [2.24, 2.45) is 11.7 Å². The highest BCUT2D eigenvalue weighted by Crippen LogP contribution is 2.22. The first-order valence-corrected chi connectivity index (χ1v) is 6.81. The van der Waals surface area contributed by atoms with Gasteiger partial charge in [0.05, 0.1) is 6.04 Å². The fourth-order valence-corrected chi connectivity index (χ4v) is 1.69. The molecule has 1 heterocycles. The molecular weight excluding hydrogens is 266 g/mol. The topological polar surface area (TPSA) is 77.2 Å². The molecule has 1 amide bonds. The lowest BCUT2D eigenvalue weighted by molar-refractivity contribution is -0.118. The second-order valence-corrected chi connectivity index (χ2v) is 5.06. The van der Waals surface area contributed by atoms with Gasteiger partial charge >= 0.3 is 0 Å². The van der Waals surface area contributed by atoms with Crippen molar-refractivity contribution in [2.45, 2.75) is 19.9 Å². The minimum Gasteiger partial charge on any atom is -0.439 e. The summed E-state index contributed by atoms with van der Waals surface area (Å²) in [7, 11) is 0. The third-order valence-electron chi connectivity index (χ3n) is 2.98. The number of nitrogens with one attached hydrogen (secondary N) is 1. The molecule has 0 radical (unpaired) electrons. The van der Waals surface area contributed by atoms with Crippen molar-refractivity contribution in [2.75, 3.05) is 5.32 Å². The number of nitrogens with zero attached hydrogens (tertiary/aromatic N) is 1. The average molecular weight is 285 g/mol. The van der Waals surface area contributed by atoms with Crippen LogP contribution in [-0.2, 0) is 4.79 Å². The lowest BCUT2D eigenvalue weighted by Gasteiger charge is -2.15. The van der Waals surface area contributed by atoms with Gasteiger partial charge in [0.15, 0.2) is 0 Å². The lowest BCUT2D eigenvalue weighted by atomic mass is 10.0. The number of ether oxygens (including phenoxy) is 1. The Kier molecular flexibility index (Phi) is 4.90. The van der Waals surface area contributed by atoms with Crippen molar-refractivity contribution in [3.05, 3.63) is 48.7 Å². The zero-order valence-electron chi connectivity index (χ0n) is 12.1. The first-order valence-electron chi connectivity index (χ1n) is 6.81. The van der Waals surface area contributed by atoms with Crippen LogP contribution in [0.4, 0.5) is 5.69 Å². The zero-order chi connectivity index (χ0) is 15.2. The van der Waals surface area contributed by atoms with Crippen LogP contribution in [0, 0.1) is 5.92 Å². The molecule has 0 spiro atoms. The Balaban J connectivity index is 2.06. The van der Waals surface area contributed by atoms with Gasteiger partial charge in [-0.2, -0.15) is 0 Å². The molecule has 0 bridgehead atoms. The molecule has 0 aliphatic heterocycles. The van der Waals surface area contributed by atoms with Gasteiger partial charge in [-0.3, -0.25) is 4.79 Å². The van der Waals surface area contributed by atoms with E-state index in [1.165, 1.54) is 0 Å². The van der Waals surface area contributed by atoms with E-state index in [-0.39, 0.29) is 11.8 Å². The minimum absolute atomic E-state index is 0.0814. The highest BCUT2D eigenvalue weighted by Gasteiger charge is 2.17. The van der Waals surface area contributed by atoms with E-state index in [2.05, 4.69) is 10.3 Å². The van der Waals surface area contributed by atoms with Crippen LogP contribution in [0.2, 0.25) is 0 Å². The average Bonchev–Trinajstić information content (AvgIpc) is 2.47. The summed E-state index contributed by atoms with van der Waals surface area (Å²) >= 11 is 0. The molecule has 3 N–H and O–H groups in total. The number of anilines is 1. The van der Waals surface area contributed by atoms with Gasteiger partial charge in [0, 0.05) is 24.0 Å². The van der Waals surface area contributed by atoms with Crippen LogP contribution in [0.25, 0.3) is 0 Å². The van der Waals surface area contributed by atoms with Gasteiger partial charge < -0.3 is 15.8 Å². The molecule has 0 unspecified atom stereocenters. The molecular formula is C16H19N3O2. The first-order chi connectivity index (χ1) is 10.1. The molecule has 21 heavy (non-hydrogen) atoms. The van der Waals surface area contributed by atoms with Crippen molar-refractivity contribution >= 4 is 11.6 Å². The van der Waals surface area contributed by atoms with Crippen molar-refractivity contribution in [1.29, 1.82) is 0 Å². The molecule has 0 fully saturated rings. The van der Waals surface area contributed by atoms with Crippen molar-refractivity contribution in [3.8, 4) is 11.6 Å². The summed E-state index contributed by atoms with van der Waals surface area (Å²) in [4.78, 5) is 16.0. The molecule has 110 valence electrons. The molecule has 0 saturated carbocycles. The fourth-order valence-electron chi connectivity index (χ4n) is 1.69. The van der Waals surface area contributed by atoms with Crippen LogP contribution in [0.15, 0.2) is 48.7 Å². The Morgan fingerprint density at radius 3 is 2.71 bits per heavy atom. The number of nitrogens with two attached hydrogens (primary N) is 1. The van der Waals surface area contributed by atoms with Gasteiger partial charge in [-0.25, -0.2) is 4.98 Å². The number of carbonyl (C=O) groups excluding carboxylic acids is 1. The van der Waals surface area contributed by atoms with Crippen LogP contribution in [0.5, 0.6) is 11.6 Å². The van der Waals surface area contributed by atoms with E-state index in [9.17, 15) is 4.79 Å². The SMILES string of the molecule is CC(C)[C@H](N)C(=O)Nc1cccc(Oc2ccccn2)c1. The van der Waals surface area contributed by atoms with Gasteiger partial charge in [-0.05, 0) is 24.1 Å². The van der Waals surface area contributed by atoms with Crippen LogP contribution in [-0.4, -0.2) is 16.9 Å². The second-order valence-electron chi connectivity index (χ2n) is 5.06. The van der Waals surface area contributed by atoms with Gasteiger partial charge in [-0.1, -0.05) is 26.0 Å². The summed E-state index contributed by atoms with van der Waals surface area (Å²) in [6.45, 7) is 3.82. The highest BCUT2D eigenvalue weighted by molar-refractivity contribution is 5.94. The molecule has 2 aromatic rings. The van der Waals surface area contributed by atoms with E-state index in [4.69, 9.17) is 10.5 Å². The summed E-state index contributed by atoms with van der Waals surface area (Å²) < 4.78 is 5.61. The van der Waals surface area contributed by atoms with E-state index >= 15 is 0 Å². The molecule has 0 aliphatic carbocycles. The largest absolute Gasteiger partial charge is 0.439 e. The number of hydrogen-bond acceptors (Lipinski definition) is 4. The normalized spacial score (nSPS) is 12.0. The molecule has 5 heteroatoms. The van der Waals surface area contributed by atoms with Crippen molar-refractivity contribution < 1.29 is 9.53 Å². The van der Waals surface area contributed by atoms with E-state index in [1.54, 1.807) is 36.5 Å². The molecule has 0 saturated heterocycles. The van der Waals surface area contributed by atoms with E-state index < -0.39 is 6.04 Å². The summed E-state index contributed by atoms with van der Waals surface area (Å²) in [5, 5.41) is 2.78. The molecule has 1 atom stereocenters. The molecule has 1 aromatic heterocycles. The van der Waals surface area contributed by atoms with E-state index in [1.807, 2.05) is 26.0 Å². The maximum Gasteiger partial charge on any atom is 0.241 e. The van der Waals surface area contributed by atoms with Gasteiger partial charge in [0.25, 0.3) is 0 Å². The number of pyridine rings is 1. The number of rotatable bonds is 5. The first kappa shape index (κ1) is 15.0. The molecule has 2 rings (SSSR count). The number of benzene rings is 1. The maximum absolute atomic E-state index is 11.9. The Labute approximate surface area is 124 Å². The van der Waals surface area contributed by atoms with Crippen molar-refractivity contribution in [3.63, 3.8) is 0 Å². The second kappa shape index (κ2) is 6.85. The highest BCUT2D eigenvalue weighted by atomic mass is 16.5. The summed E-state index contributed by atoms with van der Waals surface area (Å²) in [5.74, 6) is 0.974. The number of hydrogen-bond donors (Lipinski definition) is 2. The Bertz CT molecular complexity index is 599. The number of carbonyl (C=O) groups is 1. The molecule has 1 aromatic carbocycles. The van der Waals surface area contributed by atoms with Crippen LogP contribution < -0.4 is 15.8 Å². The molecule has 0 aliphatic rings. The predicted octanol–water partition coefficient (Wildman–Crippen LogP) is 2.80. The van der Waals surface area contributed by atoms with Crippen LogP contribution in [0.3, 0.4) is 0 Å². The predicted molar refractivity (Wildman–Crippen MR) is 82.2 cm³/mol. The minimum atomic E-state index is -0.537. The quantitative estimate of drug-likeness (QED) is 0.885. The lowest BCUT2D eigenvalue weighted by Crippen LogP contribution is -2.39. The van der Waals surface area contributed by atoms with Gasteiger partial charge in [0.1, 0.15) is 5.75 Å². The van der Waals surface area contributed by atoms with Crippen LogP contribution in [0.1, 0.15) is 13.8 Å². The standard InChI is InChI=1S/C16H19N3O2/c1-11(2)15(17)16(20)19-12-6-5-7-13(10-12)21-14-8-3-4-9-18-14/h3-11,15H,17H2,1-2H3,(H,19,20)/t15-/m0/s1. The molecule has 5 nitrogen and oxygen atoms in total. The summed E-state index contributed by atoms with van der Waals surface area (Å²) in [6, 6.07) is 12.0. The van der Waals surface area contributed by atoms with E-state index in [0.717, 1.165) is 0 Å². The third-order valence-corrected chi connectivity index (χ3v) is 2.98. The fraction of sp³-hybridized carbons (Fsp3) is 0.250.